The van der Waals surface area contributed by atoms with Crippen LogP contribution in [-0.4, -0.2) is 19.3 Å². The van der Waals surface area contributed by atoms with Crippen LogP contribution in [0.5, 0.6) is 11.5 Å². The second kappa shape index (κ2) is 6.80. The van der Waals surface area contributed by atoms with Gasteiger partial charge < -0.3 is 15.2 Å². The molecule has 0 aliphatic heterocycles. The number of benzene rings is 1. The predicted molar refractivity (Wildman–Crippen MR) is 77.8 cm³/mol. The van der Waals surface area contributed by atoms with E-state index in [0.29, 0.717) is 0 Å². The Bertz CT molecular complexity index is 400. The highest BCUT2D eigenvalue weighted by Crippen LogP contribution is 2.32. The lowest BCUT2D eigenvalue weighted by atomic mass is 10.1. The maximum atomic E-state index is 5.95. The highest BCUT2D eigenvalue weighted by atomic mass is 16.5. The van der Waals surface area contributed by atoms with Crippen LogP contribution in [0.3, 0.4) is 0 Å². The molecule has 19 heavy (non-hydrogen) atoms. The second-order valence-electron chi connectivity index (χ2n) is 5.55. The van der Waals surface area contributed by atoms with Crippen molar-refractivity contribution in [3.63, 3.8) is 0 Å². The summed E-state index contributed by atoms with van der Waals surface area (Å²) >= 11 is 0. The first-order chi connectivity index (χ1) is 9.19. The quantitative estimate of drug-likeness (QED) is 0.783. The van der Waals surface area contributed by atoms with Crippen LogP contribution in [0.1, 0.15) is 38.7 Å². The Morgan fingerprint density at radius 2 is 2.11 bits per heavy atom. The zero-order valence-electron chi connectivity index (χ0n) is 12.0. The Labute approximate surface area is 116 Å². The van der Waals surface area contributed by atoms with Crippen LogP contribution in [0.4, 0.5) is 0 Å². The molecule has 1 fully saturated rings. The standard InChI is InChI=1S/C16H25NO2/c1-3-8-18-15-7-6-14(9-12(2)17)16(10-15)19-11-13-4-5-13/h6-7,10,12-13H,3-5,8-9,11,17H2,1-2H3. The zero-order valence-corrected chi connectivity index (χ0v) is 12.0. The normalized spacial score (nSPS) is 16.2. The fraction of sp³-hybridized carbons (Fsp3) is 0.625. The summed E-state index contributed by atoms with van der Waals surface area (Å²) in [5.41, 5.74) is 7.07. The Hall–Kier alpha value is -1.22. The molecule has 1 aliphatic carbocycles. The van der Waals surface area contributed by atoms with E-state index in [9.17, 15) is 0 Å². The number of ether oxygens (including phenoxy) is 2. The molecule has 3 heteroatoms. The molecule has 1 unspecified atom stereocenters. The van der Waals surface area contributed by atoms with E-state index in [0.717, 1.165) is 43.5 Å². The molecule has 0 bridgehead atoms. The second-order valence-corrected chi connectivity index (χ2v) is 5.55. The lowest BCUT2D eigenvalue weighted by Gasteiger charge is -2.15. The topological polar surface area (TPSA) is 44.5 Å². The van der Waals surface area contributed by atoms with Gasteiger partial charge >= 0.3 is 0 Å². The smallest absolute Gasteiger partial charge is 0.126 e. The third-order valence-corrected chi connectivity index (χ3v) is 3.22. The van der Waals surface area contributed by atoms with Crippen molar-refractivity contribution >= 4 is 0 Å². The molecule has 1 atom stereocenters. The van der Waals surface area contributed by atoms with Gasteiger partial charge in [-0.2, -0.15) is 0 Å². The summed E-state index contributed by atoms with van der Waals surface area (Å²) in [4.78, 5) is 0. The van der Waals surface area contributed by atoms with E-state index >= 15 is 0 Å². The molecule has 2 rings (SSSR count). The third-order valence-electron chi connectivity index (χ3n) is 3.22. The number of hydrogen-bond donors (Lipinski definition) is 1. The molecular formula is C16H25NO2. The van der Waals surface area contributed by atoms with Gasteiger partial charge in [0.15, 0.2) is 0 Å². The van der Waals surface area contributed by atoms with E-state index in [4.69, 9.17) is 15.2 Å². The Morgan fingerprint density at radius 1 is 1.32 bits per heavy atom. The maximum absolute atomic E-state index is 5.95. The number of hydrogen-bond acceptors (Lipinski definition) is 3. The van der Waals surface area contributed by atoms with Crippen molar-refractivity contribution in [3.8, 4) is 11.5 Å². The molecule has 0 amide bonds. The van der Waals surface area contributed by atoms with Crippen LogP contribution in [0.15, 0.2) is 18.2 Å². The summed E-state index contributed by atoms with van der Waals surface area (Å²) < 4.78 is 11.6. The first kappa shape index (κ1) is 14.2. The van der Waals surface area contributed by atoms with E-state index in [1.807, 2.05) is 19.1 Å². The molecule has 1 aromatic rings. The summed E-state index contributed by atoms with van der Waals surface area (Å²) in [7, 11) is 0. The highest BCUT2D eigenvalue weighted by molar-refractivity contribution is 5.41. The van der Waals surface area contributed by atoms with Crippen LogP contribution in [0.25, 0.3) is 0 Å². The van der Waals surface area contributed by atoms with Crippen molar-refractivity contribution in [2.24, 2.45) is 11.7 Å². The molecule has 1 aromatic carbocycles. The van der Waals surface area contributed by atoms with Crippen molar-refractivity contribution in [2.75, 3.05) is 13.2 Å². The largest absolute Gasteiger partial charge is 0.493 e. The van der Waals surface area contributed by atoms with E-state index in [1.165, 1.54) is 18.4 Å². The maximum Gasteiger partial charge on any atom is 0.126 e. The van der Waals surface area contributed by atoms with Gasteiger partial charge in [-0.15, -0.1) is 0 Å². The fourth-order valence-electron chi connectivity index (χ4n) is 1.99. The summed E-state index contributed by atoms with van der Waals surface area (Å²) in [6, 6.07) is 6.25. The summed E-state index contributed by atoms with van der Waals surface area (Å²) in [6.45, 7) is 5.69. The minimum absolute atomic E-state index is 0.144. The van der Waals surface area contributed by atoms with Gasteiger partial charge in [-0.1, -0.05) is 13.0 Å². The minimum atomic E-state index is 0.144. The van der Waals surface area contributed by atoms with Gasteiger partial charge in [0.25, 0.3) is 0 Å². The molecule has 1 aliphatic rings. The average molecular weight is 263 g/mol. The van der Waals surface area contributed by atoms with Gasteiger partial charge in [0.2, 0.25) is 0 Å². The summed E-state index contributed by atoms with van der Waals surface area (Å²) in [5, 5.41) is 0. The van der Waals surface area contributed by atoms with E-state index < -0.39 is 0 Å². The Kier molecular flexibility index (Phi) is 5.08. The van der Waals surface area contributed by atoms with Gasteiger partial charge in [-0.05, 0) is 50.2 Å². The fourth-order valence-corrected chi connectivity index (χ4v) is 1.99. The molecule has 0 spiro atoms. The summed E-state index contributed by atoms with van der Waals surface area (Å²) in [5.74, 6) is 2.59. The van der Waals surface area contributed by atoms with Crippen LogP contribution < -0.4 is 15.2 Å². The Morgan fingerprint density at radius 3 is 2.74 bits per heavy atom. The molecule has 106 valence electrons. The van der Waals surface area contributed by atoms with Gasteiger partial charge in [0, 0.05) is 12.1 Å². The third kappa shape index (κ3) is 4.75. The van der Waals surface area contributed by atoms with Crippen molar-refractivity contribution in [3.05, 3.63) is 23.8 Å². The number of nitrogens with two attached hydrogens (primary N) is 1. The van der Waals surface area contributed by atoms with Gasteiger partial charge in [-0.3, -0.25) is 0 Å². The summed E-state index contributed by atoms with van der Waals surface area (Å²) in [6.07, 6.45) is 4.46. The van der Waals surface area contributed by atoms with E-state index in [-0.39, 0.29) is 6.04 Å². The molecule has 2 N–H and O–H groups in total. The predicted octanol–water partition coefficient (Wildman–Crippen LogP) is 3.15. The zero-order chi connectivity index (χ0) is 13.7. The van der Waals surface area contributed by atoms with E-state index in [1.54, 1.807) is 0 Å². The van der Waals surface area contributed by atoms with Crippen molar-refractivity contribution in [2.45, 2.75) is 45.6 Å². The Balaban J connectivity index is 2.06. The lowest BCUT2D eigenvalue weighted by molar-refractivity contribution is 0.288. The average Bonchev–Trinajstić information content (AvgIpc) is 3.19. The first-order valence-corrected chi connectivity index (χ1v) is 7.33. The molecular weight excluding hydrogens is 238 g/mol. The molecule has 1 saturated carbocycles. The van der Waals surface area contributed by atoms with E-state index in [2.05, 4.69) is 13.0 Å². The van der Waals surface area contributed by atoms with Gasteiger partial charge in [0.1, 0.15) is 11.5 Å². The van der Waals surface area contributed by atoms with Crippen molar-refractivity contribution in [1.29, 1.82) is 0 Å². The lowest BCUT2D eigenvalue weighted by Crippen LogP contribution is -2.18. The molecule has 3 nitrogen and oxygen atoms in total. The monoisotopic (exact) mass is 263 g/mol. The molecule has 0 heterocycles. The van der Waals surface area contributed by atoms with Gasteiger partial charge in [-0.25, -0.2) is 0 Å². The highest BCUT2D eigenvalue weighted by Gasteiger charge is 2.22. The number of rotatable bonds is 8. The minimum Gasteiger partial charge on any atom is -0.493 e. The van der Waals surface area contributed by atoms with Crippen LogP contribution >= 0.6 is 0 Å². The van der Waals surface area contributed by atoms with Crippen LogP contribution in [0.2, 0.25) is 0 Å². The first-order valence-electron chi connectivity index (χ1n) is 7.33. The van der Waals surface area contributed by atoms with Crippen LogP contribution in [0, 0.1) is 5.92 Å². The SMILES string of the molecule is CCCOc1ccc(CC(C)N)c(OCC2CC2)c1. The van der Waals surface area contributed by atoms with Crippen molar-refractivity contribution < 1.29 is 9.47 Å². The van der Waals surface area contributed by atoms with Crippen molar-refractivity contribution in [1.82, 2.24) is 0 Å². The molecule has 0 radical (unpaired) electrons. The molecule has 0 aromatic heterocycles. The van der Waals surface area contributed by atoms with Gasteiger partial charge in [0.05, 0.1) is 13.2 Å². The molecule has 0 saturated heterocycles. The van der Waals surface area contributed by atoms with Crippen LogP contribution in [-0.2, 0) is 6.42 Å².